The molecule has 0 aliphatic rings. The topological polar surface area (TPSA) is 36.7 Å². The van der Waals surface area contributed by atoms with Crippen molar-refractivity contribution < 1.29 is 0 Å². The lowest BCUT2D eigenvalue weighted by Crippen LogP contribution is -1.93. The number of pyridine rings is 1. The number of aromatic nitrogens is 1. The van der Waals surface area contributed by atoms with Crippen LogP contribution >= 0.6 is 0 Å². The fraction of sp³-hybridized carbons (Fsp3) is 0.333. The number of rotatable bonds is 2. The molecule has 0 unspecified atom stereocenters. The van der Waals surface area contributed by atoms with Crippen LogP contribution in [-0.4, -0.2) is 4.98 Å². The molecule has 1 rings (SSSR count). The molecule has 0 aromatic carbocycles. The lowest BCUT2D eigenvalue weighted by atomic mass is 10.1. The van der Waals surface area contributed by atoms with E-state index in [0.29, 0.717) is 5.56 Å². The second-order valence-electron chi connectivity index (χ2n) is 3.60. The van der Waals surface area contributed by atoms with Crippen molar-refractivity contribution in [3.63, 3.8) is 0 Å². The number of nitrogens with zero attached hydrogens (tertiary/aromatic N) is 2. The molecule has 0 atom stereocenters. The molecule has 0 aliphatic heterocycles. The SMILES string of the molecule is CC(C)=C(C)Cc1cc(C#N)ccn1. The van der Waals surface area contributed by atoms with Crippen LogP contribution in [0.15, 0.2) is 29.5 Å². The molecule has 14 heavy (non-hydrogen) atoms. The first-order valence-electron chi connectivity index (χ1n) is 4.61. The number of hydrogen-bond acceptors (Lipinski definition) is 2. The maximum Gasteiger partial charge on any atom is 0.0992 e. The highest BCUT2D eigenvalue weighted by Gasteiger charge is 1.99. The summed E-state index contributed by atoms with van der Waals surface area (Å²) < 4.78 is 0. The summed E-state index contributed by atoms with van der Waals surface area (Å²) in [7, 11) is 0. The van der Waals surface area contributed by atoms with Crippen molar-refractivity contribution in [2.45, 2.75) is 27.2 Å². The van der Waals surface area contributed by atoms with Crippen molar-refractivity contribution in [3.05, 3.63) is 40.7 Å². The van der Waals surface area contributed by atoms with Gasteiger partial charge in [0.15, 0.2) is 0 Å². The molecule has 0 amide bonds. The van der Waals surface area contributed by atoms with Crippen LogP contribution in [0.5, 0.6) is 0 Å². The van der Waals surface area contributed by atoms with Crippen LogP contribution in [0.1, 0.15) is 32.0 Å². The maximum atomic E-state index is 8.72. The molecule has 1 aromatic rings. The molecule has 1 heterocycles. The van der Waals surface area contributed by atoms with Crippen molar-refractivity contribution in [3.8, 4) is 6.07 Å². The normalized spacial score (nSPS) is 9.29. The molecule has 0 fully saturated rings. The molecule has 2 heteroatoms. The van der Waals surface area contributed by atoms with E-state index in [-0.39, 0.29) is 0 Å². The summed E-state index contributed by atoms with van der Waals surface area (Å²) in [5.41, 5.74) is 4.26. The van der Waals surface area contributed by atoms with Crippen molar-refractivity contribution in [2.24, 2.45) is 0 Å². The monoisotopic (exact) mass is 186 g/mol. The first-order valence-corrected chi connectivity index (χ1v) is 4.61. The van der Waals surface area contributed by atoms with Gasteiger partial charge in [-0.25, -0.2) is 0 Å². The molecule has 0 aliphatic carbocycles. The standard InChI is InChI=1S/C12H14N2/c1-9(2)10(3)6-12-7-11(8-13)4-5-14-12/h4-5,7H,6H2,1-3H3. The van der Waals surface area contributed by atoms with Gasteiger partial charge >= 0.3 is 0 Å². The summed E-state index contributed by atoms with van der Waals surface area (Å²) >= 11 is 0. The zero-order valence-electron chi connectivity index (χ0n) is 8.83. The highest BCUT2D eigenvalue weighted by molar-refractivity contribution is 5.30. The first kappa shape index (κ1) is 10.5. The molecule has 0 saturated carbocycles. The van der Waals surface area contributed by atoms with E-state index in [0.717, 1.165) is 12.1 Å². The number of allylic oxidation sites excluding steroid dienone is 2. The Morgan fingerprint density at radius 1 is 1.43 bits per heavy atom. The highest BCUT2D eigenvalue weighted by Crippen LogP contribution is 2.10. The lowest BCUT2D eigenvalue weighted by molar-refractivity contribution is 1.02. The largest absolute Gasteiger partial charge is 0.261 e. The van der Waals surface area contributed by atoms with Gasteiger partial charge in [0.25, 0.3) is 0 Å². The van der Waals surface area contributed by atoms with Crippen LogP contribution in [0, 0.1) is 11.3 Å². The van der Waals surface area contributed by atoms with Crippen molar-refractivity contribution in [1.82, 2.24) is 4.98 Å². The third kappa shape index (κ3) is 2.70. The maximum absolute atomic E-state index is 8.72. The molecule has 72 valence electrons. The second kappa shape index (κ2) is 4.57. The van der Waals surface area contributed by atoms with E-state index in [1.807, 2.05) is 6.07 Å². The molecular formula is C12H14N2. The van der Waals surface area contributed by atoms with E-state index in [1.165, 1.54) is 11.1 Å². The fourth-order valence-corrected chi connectivity index (χ4v) is 1.09. The van der Waals surface area contributed by atoms with Crippen molar-refractivity contribution in [1.29, 1.82) is 5.26 Å². The molecule has 0 N–H and O–H groups in total. The van der Waals surface area contributed by atoms with Gasteiger partial charge in [0, 0.05) is 18.3 Å². The molecular weight excluding hydrogens is 172 g/mol. The molecule has 0 saturated heterocycles. The van der Waals surface area contributed by atoms with Crippen LogP contribution < -0.4 is 0 Å². The minimum Gasteiger partial charge on any atom is -0.261 e. The Hall–Kier alpha value is -1.62. The van der Waals surface area contributed by atoms with Gasteiger partial charge in [-0.3, -0.25) is 4.98 Å². The summed E-state index contributed by atoms with van der Waals surface area (Å²) in [5, 5.41) is 8.72. The summed E-state index contributed by atoms with van der Waals surface area (Å²) in [4.78, 5) is 4.22. The Labute approximate surface area is 84.9 Å². The predicted octanol–water partition coefficient (Wildman–Crippen LogP) is 2.85. The molecule has 0 radical (unpaired) electrons. The van der Waals surface area contributed by atoms with Crippen LogP contribution in [-0.2, 0) is 6.42 Å². The van der Waals surface area contributed by atoms with E-state index < -0.39 is 0 Å². The van der Waals surface area contributed by atoms with E-state index in [1.54, 1.807) is 12.3 Å². The van der Waals surface area contributed by atoms with Gasteiger partial charge in [0.2, 0.25) is 0 Å². The van der Waals surface area contributed by atoms with Crippen molar-refractivity contribution in [2.75, 3.05) is 0 Å². The Bertz CT molecular complexity index is 393. The molecule has 0 spiro atoms. The quantitative estimate of drug-likeness (QED) is 0.666. The average Bonchev–Trinajstić information content (AvgIpc) is 2.18. The molecule has 1 aromatic heterocycles. The summed E-state index contributed by atoms with van der Waals surface area (Å²) in [6.45, 7) is 6.27. The van der Waals surface area contributed by atoms with E-state index in [2.05, 4.69) is 31.8 Å². The van der Waals surface area contributed by atoms with Crippen LogP contribution in [0.3, 0.4) is 0 Å². The second-order valence-corrected chi connectivity index (χ2v) is 3.60. The summed E-state index contributed by atoms with van der Waals surface area (Å²) in [6, 6.07) is 5.68. The van der Waals surface area contributed by atoms with Gasteiger partial charge in [-0.15, -0.1) is 0 Å². The van der Waals surface area contributed by atoms with Gasteiger partial charge in [0.1, 0.15) is 0 Å². The van der Waals surface area contributed by atoms with Gasteiger partial charge in [-0.1, -0.05) is 11.1 Å². The zero-order chi connectivity index (χ0) is 10.6. The smallest absolute Gasteiger partial charge is 0.0992 e. The third-order valence-electron chi connectivity index (χ3n) is 2.25. The van der Waals surface area contributed by atoms with E-state index in [4.69, 9.17) is 5.26 Å². The van der Waals surface area contributed by atoms with Crippen LogP contribution in [0.25, 0.3) is 0 Å². The highest BCUT2D eigenvalue weighted by atomic mass is 14.7. The van der Waals surface area contributed by atoms with E-state index >= 15 is 0 Å². The lowest BCUT2D eigenvalue weighted by Gasteiger charge is -2.03. The summed E-state index contributed by atoms with van der Waals surface area (Å²) in [5.74, 6) is 0. The minimum atomic E-state index is 0.677. The Balaban J connectivity index is 2.89. The Kier molecular flexibility index (Phi) is 3.41. The predicted molar refractivity (Wildman–Crippen MR) is 56.7 cm³/mol. The zero-order valence-corrected chi connectivity index (χ0v) is 8.83. The van der Waals surface area contributed by atoms with Crippen LogP contribution in [0.4, 0.5) is 0 Å². The van der Waals surface area contributed by atoms with E-state index in [9.17, 15) is 0 Å². The number of nitriles is 1. The number of hydrogen-bond donors (Lipinski definition) is 0. The Morgan fingerprint density at radius 3 is 2.71 bits per heavy atom. The van der Waals surface area contributed by atoms with Gasteiger partial charge < -0.3 is 0 Å². The average molecular weight is 186 g/mol. The summed E-state index contributed by atoms with van der Waals surface area (Å²) in [6.07, 6.45) is 2.52. The molecule has 2 nitrogen and oxygen atoms in total. The van der Waals surface area contributed by atoms with Crippen LogP contribution in [0.2, 0.25) is 0 Å². The van der Waals surface area contributed by atoms with Crippen molar-refractivity contribution >= 4 is 0 Å². The molecule has 0 bridgehead atoms. The van der Waals surface area contributed by atoms with Gasteiger partial charge in [-0.05, 0) is 32.9 Å². The minimum absolute atomic E-state index is 0.677. The third-order valence-corrected chi connectivity index (χ3v) is 2.25. The Morgan fingerprint density at radius 2 is 2.14 bits per heavy atom. The fourth-order valence-electron chi connectivity index (χ4n) is 1.09. The van der Waals surface area contributed by atoms with Gasteiger partial charge in [-0.2, -0.15) is 5.26 Å². The first-order chi connectivity index (χ1) is 6.63. The van der Waals surface area contributed by atoms with Gasteiger partial charge in [0.05, 0.1) is 11.6 Å².